The van der Waals surface area contributed by atoms with Crippen molar-refractivity contribution in [3.63, 3.8) is 0 Å². The molecule has 0 aliphatic heterocycles. The summed E-state index contributed by atoms with van der Waals surface area (Å²) in [6, 6.07) is 0. The molecule has 0 rings (SSSR count). The van der Waals surface area contributed by atoms with Crippen molar-refractivity contribution in [2.45, 2.75) is 27.7 Å². The van der Waals surface area contributed by atoms with Crippen molar-refractivity contribution < 1.29 is 39.6 Å². The second-order valence-corrected chi connectivity index (χ2v) is 2.65. The summed E-state index contributed by atoms with van der Waals surface area (Å²) in [5.41, 5.74) is 9.81. The maximum Gasteiger partial charge on any atom is 0.300 e. The summed E-state index contributed by atoms with van der Waals surface area (Å²) in [6.45, 7) is 5.53. The van der Waals surface area contributed by atoms with E-state index in [4.69, 9.17) is 51.1 Å². The molecule has 0 aromatic heterocycles. The molecular weight excluding hydrogens is 362 g/mol. The molecule has 0 fully saturated rings. The molecule has 0 aliphatic rings. The van der Waals surface area contributed by atoms with E-state index in [1.165, 1.54) is 0 Å². The van der Waals surface area contributed by atoms with Crippen molar-refractivity contribution in [2.24, 2.45) is 11.5 Å². The zero-order valence-electron chi connectivity index (χ0n) is 14.7. The van der Waals surface area contributed by atoms with Crippen LogP contribution in [0.1, 0.15) is 27.7 Å². The van der Waals surface area contributed by atoms with Crippen LogP contribution in [0.3, 0.4) is 0 Å². The third-order valence-corrected chi connectivity index (χ3v) is 0.167. The largest absolute Gasteiger partial charge is 0.481 e. The third-order valence-electron chi connectivity index (χ3n) is 0.167. The van der Waals surface area contributed by atoms with Crippen molar-refractivity contribution in [2.75, 3.05) is 13.1 Å². The Morgan fingerprint density at radius 2 is 0.652 bits per heavy atom. The number of rotatable bonds is 1. The minimum atomic E-state index is -0.833. The van der Waals surface area contributed by atoms with Gasteiger partial charge in [-0.3, -0.25) is 19.2 Å². The fourth-order valence-electron chi connectivity index (χ4n) is 0. The van der Waals surface area contributed by atoms with E-state index in [2.05, 4.69) is 0 Å². The van der Waals surface area contributed by atoms with Crippen molar-refractivity contribution in [3.8, 4) is 0 Å². The number of hydrogen-bond acceptors (Lipinski definition) is 6. The Morgan fingerprint density at radius 1 is 0.609 bits per heavy atom. The predicted octanol–water partition coefficient (Wildman–Crippen LogP) is -1.87. The second kappa shape index (κ2) is 49.5. The monoisotopic (exact) mass is 386 g/mol. The van der Waals surface area contributed by atoms with Crippen molar-refractivity contribution >= 4 is 121 Å². The van der Waals surface area contributed by atoms with E-state index in [1.807, 2.05) is 0 Å². The van der Waals surface area contributed by atoms with Gasteiger partial charge in [0.2, 0.25) is 0 Å². The number of carboxylic acids is 4. The van der Waals surface area contributed by atoms with Crippen LogP contribution in [0.2, 0.25) is 0 Å². The molecule has 0 spiro atoms. The summed E-state index contributed by atoms with van der Waals surface area (Å²) < 4.78 is 0. The van der Waals surface area contributed by atoms with E-state index in [-0.39, 0.29) is 96.9 Å². The van der Waals surface area contributed by atoms with Crippen LogP contribution in [0.25, 0.3) is 0 Å². The van der Waals surface area contributed by atoms with Crippen LogP contribution in [0.15, 0.2) is 0 Å². The van der Waals surface area contributed by atoms with Crippen LogP contribution in [-0.4, -0.2) is 154 Å². The zero-order chi connectivity index (χ0) is 17.7. The molecule has 0 bridgehead atoms. The Bertz CT molecular complexity index is 205. The standard InChI is InChI=1S/C2H8N2.4C2H4O2.Ca.2Na/c3-1-2-4;4*1-2(3)4;;;/h1-4H2;4*1H3,(H,3,4);;;. The fraction of sp³-hybridized carbons (Fsp3) is 0.600. The Hall–Kier alpha value is 1.06. The van der Waals surface area contributed by atoms with Gasteiger partial charge < -0.3 is 31.9 Å². The predicted molar refractivity (Wildman–Crippen MR) is 88.6 cm³/mol. The molecule has 126 valence electrons. The third kappa shape index (κ3) is 2410. The van der Waals surface area contributed by atoms with E-state index < -0.39 is 23.9 Å². The van der Waals surface area contributed by atoms with Gasteiger partial charge in [-0.1, -0.05) is 0 Å². The van der Waals surface area contributed by atoms with Crippen molar-refractivity contribution in [3.05, 3.63) is 0 Å². The molecular formula is C10H24CaN2Na2O8. The number of hydrogen-bond donors (Lipinski definition) is 6. The van der Waals surface area contributed by atoms with Gasteiger partial charge in [-0.25, -0.2) is 0 Å². The van der Waals surface area contributed by atoms with Crippen LogP contribution in [0.4, 0.5) is 0 Å². The Balaban J connectivity index is -0.0000000197. The van der Waals surface area contributed by atoms with E-state index in [9.17, 15) is 0 Å². The van der Waals surface area contributed by atoms with Crippen molar-refractivity contribution in [1.82, 2.24) is 0 Å². The molecule has 23 heavy (non-hydrogen) atoms. The van der Waals surface area contributed by atoms with Gasteiger partial charge in [-0.15, -0.1) is 0 Å². The number of nitrogens with two attached hydrogens (primary N) is 2. The molecule has 13 heteroatoms. The zero-order valence-corrected chi connectivity index (χ0v) is 20.9. The van der Waals surface area contributed by atoms with Gasteiger partial charge in [0.1, 0.15) is 0 Å². The van der Waals surface area contributed by atoms with Crippen LogP contribution in [-0.2, 0) is 19.2 Å². The first kappa shape index (κ1) is 49.6. The summed E-state index contributed by atoms with van der Waals surface area (Å²) in [5.74, 6) is -3.33. The van der Waals surface area contributed by atoms with Gasteiger partial charge in [0.15, 0.2) is 0 Å². The quantitative estimate of drug-likeness (QED) is 0.277. The summed E-state index contributed by atoms with van der Waals surface area (Å²) in [7, 11) is 0. The van der Waals surface area contributed by atoms with E-state index in [1.54, 1.807) is 0 Å². The number of aliphatic carboxylic acids is 4. The van der Waals surface area contributed by atoms with Gasteiger partial charge in [0, 0.05) is 138 Å². The maximum absolute atomic E-state index is 9.00. The molecule has 0 heterocycles. The molecule has 0 aliphatic carbocycles. The smallest absolute Gasteiger partial charge is 0.300 e. The molecule has 10 nitrogen and oxygen atoms in total. The molecule has 0 saturated heterocycles. The molecule has 0 saturated carbocycles. The summed E-state index contributed by atoms with van der Waals surface area (Å²) in [6.07, 6.45) is 0. The number of carbonyl (C=O) groups is 4. The maximum atomic E-state index is 9.00. The Kier molecular flexibility index (Phi) is 107. The van der Waals surface area contributed by atoms with Crippen LogP contribution >= 0.6 is 0 Å². The average molecular weight is 386 g/mol. The van der Waals surface area contributed by atoms with E-state index in [0.29, 0.717) is 13.1 Å². The molecule has 0 atom stereocenters. The van der Waals surface area contributed by atoms with Crippen LogP contribution in [0.5, 0.6) is 0 Å². The second-order valence-electron chi connectivity index (χ2n) is 2.65. The van der Waals surface area contributed by atoms with Gasteiger partial charge >= 0.3 is 0 Å². The molecule has 0 aromatic carbocycles. The molecule has 4 radical (unpaired) electrons. The summed E-state index contributed by atoms with van der Waals surface area (Å²) in [5, 5.41) is 29.7. The number of carboxylic acid groups (broad SMARTS) is 4. The minimum Gasteiger partial charge on any atom is -0.481 e. The topological polar surface area (TPSA) is 201 Å². The first-order valence-electron chi connectivity index (χ1n) is 5.03. The minimum absolute atomic E-state index is 0. The van der Waals surface area contributed by atoms with Crippen molar-refractivity contribution in [1.29, 1.82) is 0 Å². The van der Waals surface area contributed by atoms with Gasteiger partial charge in [0.25, 0.3) is 23.9 Å². The van der Waals surface area contributed by atoms with Gasteiger partial charge in [-0.2, -0.15) is 0 Å². The Labute approximate surface area is 209 Å². The fourth-order valence-corrected chi connectivity index (χ4v) is 0. The first-order valence-corrected chi connectivity index (χ1v) is 5.03. The normalized spacial score (nSPS) is 5.65. The van der Waals surface area contributed by atoms with E-state index >= 15 is 0 Å². The summed E-state index contributed by atoms with van der Waals surface area (Å²) in [4.78, 5) is 36.0. The van der Waals surface area contributed by atoms with Crippen LogP contribution < -0.4 is 11.5 Å². The van der Waals surface area contributed by atoms with E-state index in [0.717, 1.165) is 27.7 Å². The van der Waals surface area contributed by atoms with Gasteiger partial charge in [-0.05, 0) is 0 Å². The van der Waals surface area contributed by atoms with Gasteiger partial charge in [0.05, 0.1) is 0 Å². The average Bonchev–Trinajstić information content (AvgIpc) is 2.13. The summed E-state index contributed by atoms with van der Waals surface area (Å²) >= 11 is 0. The molecule has 0 unspecified atom stereocenters. The Morgan fingerprint density at radius 3 is 0.652 bits per heavy atom. The SMILES string of the molecule is CC(=O)O.CC(=O)O.CC(=O)O.CC(=O)O.NCCN.[Ca].[Na].[Na]. The molecule has 8 N–H and O–H groups in total. The molecule has 0 amide bonds. The molecule has 0 aromatic rings. The first-order chi connectivity index (χ1) is 8.84. The van der Waals surface area contributed by atoms with Crippen LogP contribution in [0, 0.1) is 0 Å².